The van der Waals surface area contributed by atoms with E-state index in [-0.39, 0.29) is 96.7 Å². The zero-order valence-corrected chi connectivity index (χ0v) is 30.4. The summed E-state index contributed by atoms with van der Waals surface area (Å²) in [4.78, 5) is 84.7. The highest BCUT2D eigenvalue weighted by Gasteiger charge is 2.36. The minimum Gasteiger partial charge on any atom is -0.452 e. The Bertz CT molecular complexity index is 2510. The molecule has 2 heterocycles. The molecule has 4 aromatic carbocycles. The number of furan rings is 1. The monoisotopic (exact) mass is 772 g/mol. The van der Waals surface area contributed by atoms with Gasteiger partial charge in [-0.15, -0.1) is 0 Å². The highest BCUT2D eigenvalue weighted by molar-refractivity contribution is 6.15. The Kier molecular flexibility index (Phi) is 10.2. The number of carbonyl (C=O) groups is 7. The van der Waals surface area contributed by atoms with Crippen LogP contribution in [-0.4, -0.2) is 41.8 Å². The molecule has 18 heteroatoms. The van der Waals surface area contributed by atoms with Crippen molar-refractivity contribution in [1.82, 2.24) is 0 Å². The fourth-order valence-corrected chi connectivity index (χ4v) is 5.51. The van der Waals surface area contributed by atoms with Crippen LogP contribution in [0.15, 0.2) is 46.9 Å². The Morgan fingerprint density at radius 3 is 1.41 bits per heavy atom. The van der Waals surface area contributed by atoms with E-state index in [0.29, 0.717) is 0 Å². The predicted octanol–water partition coefficient (Wildman–Crippen LogP) is 6.75. The van der Waals surface area contributed by atoms with Crippen molar-refractivity contribution in [1.29, 1.82) is 0 Å². The molecule has 0 unspecified atom stereocenters. The molecular formula is C38H28O18. The van der Waals surface area contributed by atoms with Crippen molar-refractivity contribution in [2.24, 2.45) is 0 Å². The average molecular weight is 773 g/mol. The first-order chi connectivity index (χ1) is 26.4. The van der Waals surface area contributed by atoms with Crippen molar-refractivity contribution in [3.8, 4) is 74.7 Å². The lowest BCUT2D eigenvalue weighted by atomic mass is 10.1. The van der Waals surface area contributed by atoms with Crippen molar-refractivity contribution in [3.05, 3.63) is 42.5 Å². The Balaban J connectivity index is 1.64. The Hall–Kier alpha value is -7.63. The van der Waals surface area contributed by atoms with Crippen molar-refractivity contribution >= 4 is 63.7 Å². The number of carbonyl (C=O) groups excluding carboxylic acids is 7. The Morgan fingerprint density at radius 2 is 0.875 bits per heavy atom. The quantitative estimate of drug-likeness (QED) is 0.109. The number of benzene rings is 4. The van der Waals surface area contributed by atoms with Gasteiger partial charge in [-0.1, -0.05) is 0 Å². The van der Waals surface area contributed by atoms with E-state index >= 15 is 0 Å². The molecule has 1 aromatic heterocycles. The van der Waals surface area contributed by atoms with Gasteiger partial charge in [0.25, 0.3) is 0 Å². The van der Waals surface area contributed by atoms with Crippen molar-refractivity contribution in [3.63, 3.8) is 0 Å². The van der Waals surface area contributed by atoms with Crippen molar-refractivity contribution < 1.29 is 85.3 Å². The summed E-state index contributed by atoms with van der Waals surface area (Å²) in [5, 5.41) is 0.121. The second-order valence-electron chi connectivity index (χ2n) is 11.8. The third kappa shape index (κ3) is 8.13. The smallest absolute Gasteiger partial charge is 0.308 e. The minimum absolute atomic E-state index is 0.0303. The molecule has 0 aliphatic carbocycles. The predicted molar refractivity (Wildman–Crippen MR) is 186 cm³/mol. The van der Waals surface area contributed by atoms with Crippen LogP contribution in [0.1, 0.15) is 48.5 Å². The first-order valence-corrected chi connectivity index (χ1v) is 16.2. The van der Waals surface area contributed by atoms with Gasteiger partial charge in [-0.25, -0.2) is 0 Å². The molecule has 56 heavy (non-hydrogen) atoms. The van der Waals surface area contributed by atoms with E-state index in [9.17, 15) is 33.6 Å². The standard InChI is InChI=1S/C38H28O18/c1-15(39)46-22-8-23(47-16(2)40)10-24(9-22)53-35-29(51-20(6)44)14-30(52-21(7)45)36-38(35)56-34-31(55-36)13-28(50-19(5)43)33-32-26(49-18(4)42)11-25(48-17(3)41)12-27(32)54-37(33)34/h8-14H,1-7H3. The molecule has 0 fully saturated rings. The van der Waals surface area contributed by atoms with Crippen molar-refractivity contribution in [2.75, 3.05) is 0 Å². The van der Waals surface area contributed by atoms with E-state index in [4.69, 9.17) is 51.8 Å². The first-order valence-electron chi connectivity index (χ1n) is 16.2. The van der Waals surface area contributed by atoms with E-state index in [0.717, 1.165) is 54.5 Å². The summed E-state index contributed by atoms with van der Waals surface area (Å²) in [7, 11) is 0. The summed E-state index contributed by atoms with van der Waals surface area (Å²) in [6, 6.07) is 8.65. The van der Waals surface area contributed by atoms with Gasteiger partial charge in [0.05, 0.1) is 10.8 Å². The molecule has 6 rings (SSSR count). The Morgan fingerprint density at radius 1 is 0.411 bits per heavy atom. The van der Waals surface area contributed by atoms with Crippen LogP contribution in [0.3, 0.4) is 0 Å². The third-order valence-electron chi connectivity index (χ3n) is 7.08. The summed E-state index contributed by atoms with van der Waals surface area (Å²) in [5.41, 5.74) is -0.197. The molecule has 0 saturated carbocycles. The second-order valence-corrected chi connectivity index (χ2v) is 11.8. The molecule has 0 radical (unpaired) electrons. The van der Waals surface area contributed by atoms with Crippen LogP contribution >= 0.6 is 0 Å². The SMILES string of the molecule is CC(=O)Oc1cc(OC(C)=O)cc(Oc2c(OC(C)=O)cc(OC(C)=O)c3c2Oc2c(cc(OC(C)=O)c4c2oc2cc(OC(C)=O)cc(OC(C)=O)c24)O3)c1. The van der Waals surface area contributed by atoms with Gasteiger partial charge in [0.15, 0.2) is 22.8 Å². The van der Waals surface area contributed by atoms with Gasteiger partial charge in [-0.05, 0) is 0 Å². The molecule has 0 amide bonds. The highest BCUT2D eigenvalue weighted by atomic mass is 16.6. The van der Waals surface area contributed by atoms with Gasteiger partial charge in [-0.3, -0.25) is 33.6 Å². The number of hydrogen-bond donors (Lipinski definition) is 0. The lowest BCUT2D eigenvalue weighted by molar-refractivity contribution is -0.133. The highest BCUT2D eigenvalue weighted by Crippen LogP contribution is 2.61. The summed E-state index contributed by atoms with van der Waals surface area (Å²) in [5.74, 6) is -8.17. The number of hydrogen-bond acceptors (Lipinski definition) is 18. The minimum atomic E-state index is -0.845. The number of rotatable bonds is 9. The van der Waals surface area contributed by atoms with E-state index in [1.807, 2.05) is 0 Å². The van der Waals surface area contributed by atoms with Gasteiger partial charge in [0, 0.05) is 90.9 Å². The molecule has 0 spiro atoms. The third-order valence-corrected chi connectivity index (χ3v) is 7.08. The number of fused-ring (bicyclic) bond motifs is 6. The van der Waals surface area contributed by atoms with E-state index in [2.05, 4.69) is 0 Å². The van der Waals surface area contributed by atoms with Gasteiger partial charge < -0.3 is 51.8 Å². The van der Waals surface area contributed by atoms with Gasteiger partial charge in [-0.2, -0.15) is 0 Å². The molecule has 0 N–H and O–H groups in total. The summed E-state index contributed by atoms with van der Waals surface area (Å²) in [6.45, 7) is 7.89. The van der Waals surface area contributed by atoms with Crippen LogP contribution in [0.4, 0.5) is 0 Å². The molecule has 0 atom stereocenters. The van der Waals surface area contributed by atoms with Gasteiger partial charge in [0.2, 0.25) is 23.0 Å². The number of esters is 7. The Labute approximate surface area is 314 Å². The first kappa shape index (κ1) is 38.1. The fraction of sp³-hybridized carbons (Fsp3) is 0.184. The maximum atomic E-state index is 12.4. The zero-order chi connectivity index (χ0) is 40.6. The maximum Gasteiger partial charge on any atom is 0.308 e. The molecule has 5 aromatic rings. The largest absolute Gasteiger partial charge is 0.452 e. The molecular weight excluding hydrogens is 744 g/mol. The van der Waals surface area contributed by atoms with E-state index < -0.39 is 41.8 Å². The van der Waals surface area contributed by atoms with E-state index in [1.165, 1.54) is 36.4 Å². The molecule has 1 aliphatic rings. The van der Waals surface area contributed by atoms with Crippen LogP contribution in [0, 0.1) is 0 Å². The van der Waals surface area contributed by atoms with Gasteiger partial charge >= 0.3 is 41.8 Å². The van der Waals surface area contributed by atoms with Crippen molar-refractivity contribution in [2.45, 2.75) is 48.5 Å². The average Bonchev–Trinajstić information content (AvgIpc) is 3.44. The topological polar surface area (TPSA) is 225 Å². The summed E-state index contributed by atoms with van der Waals surface area (Å²) < 4.78 is 62.5. The van der Waals surface area contributed by atoms with Crippen LogP contribution < -0.4 is 47.4 Å². The van der Waals surface area contributed by atoms with Gasteiger partial charge in [0.1, 0.15) is 40.1 Å². The second kappa shape index (κ2) is 15.0. The summed E-state index contributed by atoms with van der Waals surface area (Å²) >= 11 is 0. The lowest BCUT2D eigenvalue weighted by Crippen LogP contribution is -2.10. The van der Waals surface area contributed by atoms with Crippen LogP contribution in [0.5, 0.6) is 74.7 Å². The summed E-state index contributed by atoms with van der Waals surface area (Å²) in [6.07, 6.45) is 0. The molecule has 1 aliphatic heterocycles. The molecule has 0 saturated heterocycles. The molecule has 0 bridgehead atoms. The van der Waals surface area contributed by atoms with E-state index in [1.54, 1.807) is 0 Å². The normalized spacial score (nSPS) is 11.2. The molecule has 18 nitrogen and oxygen atoms in total. The fourth-order valence-electron chi connectivity index (χ4n) is 5.51. The lowest BCUT2D eigenvalue weighted by Gasteiger charge is -2.26. The molecule has 288 valence electrons. The number of ether oxygens (including phenoxy) is 10. The van der Waals surface area contributed by atoms with Crippen LogP contribution in [0.25, 0.3) is 21.9 Å². The van der Waals surface area contributed by atoms with Crippen LogP contribution in [-0.2, 0) is 33.6 Å². The van der Waals surface area contributed by atoms with Crippen LogP contribution in [0.2, 0.25) is 0 Å². The maximum absolute atomic E-state index is 12.4. The zero-order valence-electron chi connectivity index (χ0n) is 30.4.